The molecule has 0 saturated heterocycles. The first-order valence-electron chi connectivity index (χ1n) is 6.84. The summed E-state index contributed by atoms with van der Waals surface area (Å²) < 4.78 is 13.8. The van der Waals surface area contributed by atoms with Gasteiger partial charge in [0.1, 0.15) is 5.82 Å². The highest BCUT2D eigenvalue weighted by molar-refractivity contribution is 5.80. The van der Waals surface area contributed by atoms with Gasteiger partial charge in [-0.2, -0.15) is 0 Å². The molecule has 0 spiro atoms. The van der Waals surface area contributed by atoms with Gasteiger partial charge in [0, 0.05) is 18.3 Å². The molecule has 4 heteroatoms. The SMILES string of the molecule is CC(c1ccccc1F)N(C)C(=O)Cc1ccccc1N. The lowest BCUT2D eigenvalue weighted by Crippen LogP contribution is -2.31. The standard InChI is InChI=1S/C17H19FN2O/c1-12(14-8-4-5-9-15(14)18)20(2)17(21)11-13-7-3-6-10-16(13)19/h3-10,12H,11,19H2,1-2H3. The van der Waals surface area contributed by atoms with E-state index in [9.17, 15) is 9.18 Å². The van der Waals surface area contributed by atoms with E-state index in [0.717, 1.165) is 5.56 Å². The molecular weight excluding hydrogens is 267 g/mol. The minimum atomic E-state index is -0.330. The van der Waals surface area contributed by atoms with Gasteiger partial charge in [0.15, 0.2) is 0 Å². The first-order valence-corrected chi connectivity index (χ1v) is 6.84. The van der Waals surface area contributed by atoms with Crippen LogP contribution in [-0.2, 0) is 11.2 Å². The van der Waals surface area contributed by atoms with Crippen LogP contribution in [0.3, 0.4) is 0 Å². The zero-order valence-electron chi connectivity index (χ0n) is 12.2. The Labute approximate surface area is 124 Å². The van der Waals surface area contributed by atoms with Crippen molar-refractivity contribution in [2.24, 2.45) is 0 Å². The van der Waals surface area contributed by atoms with Crippen LogP contribution in [-0.4, -0.2) is 17.9 Å². The smallest absolute Gasteiger partial charge is 0.227 e. The summed E-state index contributed by atoms with van der Waals surface area (Å²) >= 11 is 0. The van der Waals surface area contributed by atoms with Crippen molar-refractivity contribution in [1.29, 1.82) is 0 Å². The Balaban J connectivity index is 2.13. The van der Waals surface area contributed by atoms with Gasteiger partial charge in [0.2, 0.25) is 5.91 Å². The number of likely N-dealkylation sites (N-methyl/N-ethyl adjacent to an activating group) is 1. The Bertz CT molecular complexity index is 642. The molecule has 0 heterocycles. The average molecular weight is 286 g/mol. The molecule has 0 aromatic heterocycles. The van der Waals surface area contributed by atoms with E-state index in [1.807, 2.05) is 25.1 Å². The van der Waals surface area contributed by atoms with Gasteiger partial charge in [0.05, 0.1) is 12.5 Å². The molecule has 3 nitrogen and oxygen atoms in total. The van der Waals surface area contributed by atoms with Crippen LogP contribution in [0.15, 0.2) is 48.5 Å². The molecule has 0 fully saturated rings. The number of para-hydroxylation sites is 1. The lowest BCUT2D eigenvalue weighted by Gasteiger charge is -2.26. The second kappa shape index (κ2) is 6.39. The Morgan fingerprint density at radius 1 is 1.19 bits per heavy atom. The highest BCUT2D eigenvalue weighted by Crippen LogP contribution is 2.23. The largest absolute Gasteiger partial charge is 0.398 e. The van der Waals surface area contributed by atoms with E-state index in [0.29, 0.717) is 11.3 Å². The number of amides is 1. The summed E-state index contributed by atoms with van der Waals surface area (Å²) in [6.45, 7) is 1.81. The minimum absolute atomic E-state index is 0.0938. The third-order valence-corrected chi connectivity index (χ3v) is 3.73. The van der Waals surface area contributed by atoms with Gasteiger partial charge in [-0.15, -0.1) is 0 Å². The summed E-state index contributed by atoms with van der Waals surface area (Å²) in [5.41, 5.74) is 7.74. The van der Waals surface area contributed by atoms with Gasteiger partial charge in [-0.1, -0.05) is 36.4 Å². The second-order valence-corrected chi connectivity index (χ2v) is 5.08. The number of carbonyl (C=O) groups is 1. The average Bonchev–Trinajstić information content (AvgIpc) is 2.48. The van der Waals surface area contributed by atoms with E-state index in [1.165, 1.54) is 6.07 Å². The monoisotopic (exact) mass is 286 g/mol. The van der Waals surface area contributed by atoms with Crippen molar-refractivity contribution in [3.05, 3.63) is 65.5 Å². The number of nitrogen functional groups attached to an aromatic ring is 1. The highest BCUT2D eigenvalue weighted by atomic mass is 19.1. The predicted molar refractivity (Wildman–Crippen MR) is 82.1 cm³/mol. The minimum Gasteiger partial charge on any atom is -0.398 e. The van der Waals surface area contributed by atoms with Gasteiger partial charge in [0.25, 0.3) is 0 Å². The van der Waals surface area contributed by atoms with E-state index in [1.54, 1.807) is 36.2 Å². The highest BCUT2D eigenvalue weighted by Gasteiger charge is 2.20. The number of hydrogen-bond donors (Lipinski definition) is 1. The molecule has 2 aromatic rings. The summed E-state index contributed by atoms with van der Waals surface area (Å²) in [4.78, 5) is 13.9. The third-order valence-electron chi connectivity index (χ3n) is 3.73. The third kappa shape index (κ3) is 3.40. The molecule has 2 rings (SSSR count). The summed E-state index contributed by atoms with van der Waals surface area (Å²) in [5.74, 6) is -0.396. The van der Waals surface area contributed by atoms with E-state index in [2.05, 4.69) is 0 Å². The first kappa shape index (κ1) is 15.0. The number of hydrogen-bond acceptors (Lipinski definition) is 2. The fourth-order valence-electron chi connectivity index (χ4n) is 2.22. The van der Waals surface area contributed by atoms with Crippen LogP contribution in [0.2, 0.25) is 0 Å². The number of rotatable bonds is 4. The topological polar surface area (TPSA) is 46.3 Å². The lowest BCUT2D eigenvalue weighted by molar-refractivity contribution is -0.131. The molecule has 1 unspecified atom stereocenters. The number of nitrogens with zero attached hydrogens (tertiary/aromatic N) is 1. The zero-order valence-corrected chi connectivity index (χ0v) is 12.2. The number of benzene rings is 2. The van der Waals surface area contributed by atoms with Crippen LogP contribution < -0.4 is 5.73 Å². The first-order chi connectivity index (χ1) is 10.0. The summed E-state index contributed by atoms with van der Waals surface area (Å²) in [7, 11) is 1.68. The number of anilines is 1. The van der Waals surface area contributed by atoms with Gasteiger partial charge in [-0.25, -0.2) is 4.39 Å². The fourth-order valence-corrected chi connectivity index (χ4v) is 2.22. The van der Waals surface area contributed by atoms with Crippen molar-refractivity contribution in [3.63, 3.8) is 0 Å². The molecule has 0 aliphatic heterocycles. The van der Waals surface area contributed by atoms with Crippen molar-refractivity contribution in [2.75, 3.05) is 12.8 Å². The molecule has 1 atom stereocenters. The molecule has 110 valence electrons. The Morgan fingerprint density at radius 2 is 1.81 bits per heavy atom. The molecule has 0 bridgehead atoms. The Kier molecular flexibility index (Phi) is 4.58. The van der Waals surface area contributed by atoms with E-state index >= 15 is 0 Å². The molecule has 21 heavy (non-hydrogen) atoms. The van der Waals surface area contributed by atoms with Crippen LogP contribution in [0.5, 0.6) is 0 Å². The van der Waals surface area contributed by atoms with Crippen LogP contribution in [0.25, 0.3) is 0 Å². The van der Waals surface area contributed by atoms with Crippen LogP contribution in [0.1, 0.15) is 24.1 Å². The maximum absolute atomic E-state index is 13.8. The van der Waals surface area contributed by atoms with Gasteiger partial charge in [-0.05, 0) is 24.6 Å². The van der Waals surface area contributed by atoms with Crippen LogP contribution in [0.4, 0.5) is 10.1 Å². The van der Waals surface area contributed by atoms with Crippen molar-refractivity contribution in [1.82, 2.24) is 4.90 Å². The summed E-state index contributed by atoms with van der Waals surface area (Å²) in [6.07, 6.45) is 0.210. The Hall–Kier alpha value is -2.36. The van der Waals surface area contributed by atoms with E-state index in [-0.39, 0.29) is 24.2 Å². The van der Waals surface area contributed by atoms with Crippen molar-refractivity contribution >= 4 is 11.6 Å². The maximum Gasteiger partial charge on any atom is 0.227 e. The van der Waals surface area contributed by atoms with Gasteiger partial charge < -0.3 is 10.6 Å². The molecular formula is C17H19FN2O. The Morgan fingerprint density at radius 3 is 2.48 bits per heavy atom. The van der Waals surface area contributed by atoms with Crippen LogP contribution in [0, 0.1) is 5.82 Å². The number of halogens is 1. The van der Waals surface area contributed by atoms with E-state index < -0.39 is 0 Å². The van der Waals surface area contributed by atoms with Crippen molar-refractivity contribution in [3.8, 4) is 0 Å². The predicted octanol–water partition coefficient (Wildman–Crippen LogP) is 3.17. The van der Waals surface area contributed by atoms with Crippen molar-refractivity contribution in [2.45, 2.75) is 19.4 Å². The lowest BCUT2D eigenvalue weighted by atomic mass is 10.0. The molecule has 2 aromatic carbocycles. The fraction of sp³-hybridized carbons (Fsp3) is 0.235. The second-order valence-electron chi connectivity index (χ2n) is 5.08. The quantitative estimate of drug-likeness (QED) is 0.877. The van der Waals surface area contributed by atoms with E-state index in [4.69, 9.17) is 5.73 Å². The van der Waals surface area contributed by atoms with Crippen molar-refractivity contribution < 1.29 is 9.18 Å². The molecule has 2 N–H and O–H groups in total. The maximum atomic E-state index is 13.8. The van der Waals surface area contributed by atoms with Gasteiger partial charge in [-0.3, -0.25) is 4.79 Å². The zero-order chi connectivity index (χ0) is 15.4. The van der Waals surface area contributed by atoms with Crippen LogP contribution >= 0.6 is 0 Å². The molecule has 0 aliphatic rings. The van der Waals surface area contributed by atoms with Gasteiger partial charge >= 0.3 is 0 Å². The normalized spacial score (nSPS) is 12.0. The molecule has 1 amide bonds. The molecule has 0 aliphatic carbocycles. The number of carbonyl (C=O) groups excluding carboxylic acids is 1. The number of nitrogens with two attached hydrogens (primary N) is 1. The summed E-state index contributed by atoms with van der Waals surface area (Å²) in [5, 5.41) is 0. The molecule has 0 saturated carbocycles. The summed E-state index contributed by atoms with van der Waals surface area (Å²) in [6, 6.07) is 13.4. The molecule has 0 radical (unpaired) electrons.